The molecule has 0 aliphatic heterocycles. The van der Waals surface area contributed by atoms with Gasteiger partial charge in [0.05, 0.1) is 6.42 Å². The first-order valence-electron chi connectivity index (χ1n) is 7.21. The minimum absolute atomic E-state index is 0.0860. The molecule has 0 aliphatic carbocycles. The van der Waals surface area contributed by atoms with Crippen LogP contribution < -0.4 is 0 Å². The minimum Gasteiger partial charge on any atom is -0.481 e. The van der Waals surface area contributed by atoms with Crippen LogP contribution in [0.1, 0.15) is 30.8 Å². The number of aliphatic carboxylic acids is 1. The van der Waals surface area contributed by atoms with Crippen molar-refractivity contribution in [3.8, 4) is 5.69 Å². The van der Waals surface area contributed by atoms with E-state index >= 15 is 0 Å². The highest BCUT2D eigenvalue weighted by Crippen LogP contribution is 2.15. The SMILES string of the molecule is CC(C)N(CCC(=O)O)C(=O)c1cn(-c2ccc(Br)cc2)cn1. The molecule has 0 radical (unpaired) electrons. The number of carbonyl (C=O) groups excluding carboxylic acids is 1. The second kappa shape index (κ2) is 7.41. The molecule has 0 saturated heterocycles. The van der Waals surface area contributed by atoms with Gasteiger partial charge < -0.3 is 14.6 Å². The quantitative estimate of drug-likeness (QED) is 0.836. The van der Waals surface area contributed by atoms with Gasteiger partial charge in [-0.2, -0.15) is 0 Å². The van der Waals surface area contributed by atoms with E-state index in [1.165, 1.54) is 4.90 Å². The summed E-state index contributed by atoms with van der Waals surface area (Å²) in [6.07, 6.45) is 3.14. The molecule has 6 nitrogen and oxygen atoms in total. The summed E-state index contributed by atoms with van der Waals surface area (Å²) in [7, 11) is 0. The fourth-order valence-corrected chi connectivity index (χ4v) is 2.41. The molecule has 2 aromatic rings. The molecule has 1 aromatic carbocycles. The lowest BCUT2D eigenvalue weighted by Crippen LogP contribution is -2.38. The van der Waals surface area contributed by atoms with E-state index in [-0.39, 0.29) is 24.9 Å². The summed E-state index contributed by atoms with van der Waals surface area (Å²) in [5.41, 5.74) is 1.19. The van der Waals surface area contributed by atoms with E-state index in [0.29, 0.717) is 5.69 Å². The molecular weight excluding hydrogens is 362 g/mol. The second-order valence-electron chi connectivity index (χ2n) is 5.38. The lowest BCUT2D eigenvalue weighted by atomic mass is 10.2. The zero-order valence-corrected chi connectivity index (χ0v) is 14.5. The van der Waals surface area contributed by atoms with Gasteiger partial charge in [-0.25, -0.2) is 4.98 Å². The third-order valence-corrected chi connectivity index (χ3v) is 3.91. The Bertz CT molecular complexity index is 695. The monoisotopic (exact) mass is 379 g/mol. The third-order valence-electron chi connectivity index (χ3n) is 3.38. The number of halogens is 1. The number of carbonyl (C=O) groups is 2. The highest BCUT2D eigenvalue weighted by Gasteiger charge is 2.21. The smallest absolute Gasteiger partial charge is 0.305 e. The molecule has 1 amide bonds. The van der Waals surface area contributed by atoms with Crippen LogP contribution in [0.2, 0.25) is 0 Å². The summed E-state index contributed by atoms with van der Waals surface area (Å²) >= 11 is 3.38. The summed E-state index contributed by atoms with van der Waals surface area (Å²) in [5.74, 6) is -1.19. The number of rotatable bonds is 6. The van der Waals surface area contributed by atoms with Crippen LogP contribution in [0.4, 0.5) is 0 Å². The molecule has 0 unspecified atom stereocenters. The van der Waals surface area contributed by atoms with Crippen LogP contribution in [0.5, 0.6) is 0 Å². The van der Waals surface area contributed by atoms with Crippen LogP contribution in [0.3, 0.4) is 0 Å². The fraction of sp³-hybridized carbons (Fsp3) is 0.312. The number of nitrogens with zero attached hydrogens (tertiary/aromatic N) is 3. The zero-order valence-electron chi connectivity index (χ0n) is 12.9. The number of carboxylic acid groups (broad SMARTS) is 1. The van der Waals surface area contributed by atoms with Gasteiger partial charge in [-0.05, 0) is 38.1 Å². The standard InChI is InChI=1S/C16H18BrN3O3/c1-11(2)20(8-7-15(21)22)16(23)14-9-19(10-18-14)13-5-3-12(17)4-6-13/h3-6,9-11H,7-8H2,1-2H3,(H,21,22). The summed E-state index contributed by atoms with van der Waals surface area (Å²) in [5, 5.41) is 8.81. The number of amides is 1. The number of hydrogen-bond acceptors (Lipinski definition) is 3. The van der Waals surface area contributed by atoms with Crippen LogP contribution in [-0.2, 0) is 4.79 Å². The van der Waals surface area contributed by atoms with Gasteiger partial charge in [-0.15, -0.1) is 0 Å². The summed E-state index contributed by atoms with van der Waals surface area (Å²) in [6, 6.07) is 7.53. The zero-order chi connectivity index (χ0) is 17.0. The van der Waals surface area contributed by atoms with Crippen LogP contribution in [0, 0.1) is 0 Å². The summed E-state index contributed by atoms with van der Waals surface area (Å²) in [6.45, 7) is 3.87. The molecule has 0 spiro atoms. The van der Waals surface area contributed by atoms with Gasteiger partial charge in [-0.3, -0.25) is 9.59 Å². The number of aromatic nitrogens is 2. The minimum atomic E-state index is -0.927. The van der Waals surface area contributed by atoms with Crippen molar-refractivity contribution in [1.82, 2.24) is 14.5 Å². The molecule has 1 heterocycles. The van der Waals surface area contributed by atoms with Gasteiger partial charge in [0.15, 0.2) is 0 Å². The molecule has 0 aliphatic rings. The van der Waals surface area contributed by atoms with Crippen molar-refractivity contribution in [2.75, 3.05) is 6.54 Å². The lowest BCUT2D eigenvalue weighted by Gasteiger charge is -2.25. The molecule has 2 rings (SSSR count). The number of carboxylic acids is 1. The molecule has 23 heavy (non-hydrogen) atoms. The normalized spacial score (nSPS) is 10.8. The Morgan fingerprint density at radius 3 is 2.52 bits per heavy atom. The number of benzene rings is 1. The Hall–Kier alpha value is -2.15. The molecule has 0 bridgehead atoms. The maximum Gasteiger partial charge on any atom is 0.305 e. The van der Waals surface area contributed by atoms with E-state index in [1.54, 1.807) is 17.1 Å². The van der Waals surface area contributed by atoms with Gasteiger partial charge in [0.2, 0.25) is 0 Å². The van der Waals surface area contributed by atoms with Crippen molar-refractivity contribution < 1.29 is 14.7 Å². The van der Waals surface area contributed by atoms with Gasteiger partial charge in [0.1, 0.15) is 12.0 Å². The van der Waals surface area contributed by atoms with Gasteiger partial charge in [0, 0.05) is 28.9 Å². The fourth-order valence-electron chi connectivity index (χ4n) is 2.15. The maximum absolute atomic E-state index is 12.5. The Labute approximate surface area is 142 Å². The highest BCUT2D eigenvalue weighted by molar-refractivity contribution is 9.10. The van der Waals surface area contributed by atoms with Crippen molar-refractivity contribution in [2.45, 2.75) is 26.3 Å². The van der Waals surface area contributed by atoms with Crippen LogP contribution in [0.25, 0.3) is 5.69 Å². The molecule has 1 aromatic heterocycles. The van der Waals surface area contributed by atoms with Crippen LogP contribution in [0.15, 0.2) is 41.3 Å². The van der Waals surface area contributed by atoms with Crippen LogP contribution >= 0.6 is 15.9 Å². The highest BCUT2D eigenvalue weighted by atomic mass is 79.9. The lowest BCUT2D eigenvalue weighted by molar-refractivity contribution is -0.137. The topological polar surface area (TPSA) is 75.4 Å². The van der Waals surface area contributed by atoms with Gasteiger partial charge in [0.25, 0.3) is 5.91 Å². The van der Waals surface area contributed by atoms with E-state index in [1.807, 2.05) is 38.1 Å². The Balaban J connectivity index is 2.18. The average Bonchev–Trinajstić information content (AvgIpc) is 2.97. The first-order valence-corrected chi connectivity index (χ1v) is 8.00. The number of hydrogen-bond donors (Lipinski definition) is 1. The molecule has 1 N–H and O–H groups in total. The van der Waals surface area contributed by atoms with Crippen molar-refractivity contribution in [3.05, 3.63) is 47.0 Å². The summed E-state index contributed by atoms with van der Waals surface area (Å²) in [4.78, 5) is 29.0. The van der Waals surface area contributed by atoms with Crippen molar-refractivity contribution in [2.24, 2.45) is 0 Å². The van der Waals surface area contributed by atoms with Crippen molar-refractivity contribution >= 4 is 27.8 Å². The van der Waals surface area contributed by atoms with E-state index in [4.69, 9.17) is 5.11 Å². The van der Waals surface area contributed by atoms with E-state index < -0.39 is 5.97 Å². The van der Waals surface area contributed by atoms with Crippen molar-refractivity contribution in [1.29, 1.82) is 0 Å². The predicted molar refractivity (Wildman–Crippen MR) is 89.7 cm³/mol. The molecular formula is C16H18BrN3O3. The van der Waals surface area contributed by atoms with E-state index in [9.17, 15) is 9.59 Å². The predicted octanol–water partition coefficient (Wildman–Crippen LogP) is 2.96. The first kappa shape index (κ1) is 17.2. The Morgan fingerprint density at radius 2 is 1.96 bits per heavy atom. The average molecular weight is 380 g/mol. The molecule has 0 fully saturated rings. The Kier molecular flexibility index (Phi) is 5.54. The van der Waals surface area contributed by atoms with E-state index in [0.717, 1.165) is 10.2 Å². The largest absolute Gasteiger partial charge is 0.481 e. The number of imidazole rings is 1. The first-order chi connectivity index (χ1) is 10.9. The molecule has 122 valence electrons. The summed E-state index contributed by atoms with van der Waals surface area (Å²) < 4.78 is 2.73. The van der Waals surface area contributed by atoms with Crippen LogP contribution in [-0.4, -0.2) is 44.0 Å². The molecule has 0 atom stereocenters. The third kappa shape index (κ3) is 4.41. The molecule has 7 heteroatoms. The van der Waals surface area contributed by atoms with Gasteiger partial charge in [-0.1, -0.05) is 15.9 Å². The molecule has 0 saturated carbocycles. The van der Waals surface area contributed by atoms with E-state index in [2.05, 4.69) is 20.9 Å². The van der Waals surface area contributed by atoms with Crippen molar-refractivity contribution in [3.63, 3.8) is 0 Å². The van der Waals surface area contributed by atoms with Gasteiger partial charge >= 0.3 is 5.97 Å². The maximum atomic E-state index is 12.5. The Morgan fingerprint density at radius 1 is 1.30 bits per heavy atom. The second-order valence-corrected chi connectivity index (χ2v) is 6.29.